The van der Waals surface area contributed by atoms with Gasteiger partial charge >= 0.3 is 0 Å². The molecule has 0 aromatic carbocycles. The average molecular weight is 144 g/mol. The number of rotatable bonds is 0. The molecule has 2 nitrogen and oxygen atoms in total. The predicted molar refractivity (Wildman–Crippen MR) is 41.5 cm³/mol. The molecule has 2 heteroatoms. The van der Waals surface area contributed by atoms with Crippen molar-refractivity contribution in [1.29, 1.82) is 0 Å². The van der Waals surface area contributed by atoms with Crippen LogP contribution in [0.15, 0.2) is 0 Å². The van der Waals surface area contributed by atoms with Gasteiger partial charge < -0.3 is 9.59 Å². The minimum absolute atomic E-state index is 0.123. The molecule has 10 heavy (non-hydrogen) atoms. The Kier molecular flexibility index (Phi) is 2.32. The lowest BCUT2D eigenvalue weighted by atomic mass is 10.2. The quantitative estimate of drug-likeness (QED) is 0.502. The summed E-state index contributed by atoms with van der Waals surface area (Å²) in [5.41, 5.74) is 0. The van der Waals surface area contributed by atoms with Crippen molar-refractivity contribution in [3.05, 3.63) is 0 Å². The fraction of sp³-hybridized carbons (Fsp3) is 1.00. The molecule has 0 spiro atoms. The molecule has 1 N–H and O–H groups in total. The molecule has 0 aromatic heterocycles. The van der Waals surface area contributed by atoms with E-state index in [0.717, 1.165) is 17.4 Å². The molecule has 1 aliphatic rings. The second kappa shape index (κ2) is 2.89. The molecule has 0 aromatic rings. The highest BCUT2D eigenvalue weighted by Gasteiger charge is 2.26. The van der Waals surface area contributed by atoms with Gasteiger partial charge in [-0.25, -0.2) is 0 Å². The van der Waals surface area contributed by atoms with Crippen molar-refractivity contribution in [3.8, 4) is 0 Å². The van der Waals surface area contributed by atoms with E-state index in [-0.39, 0.29) is 6.23 Å². The maximum atomic E-state index is 9.59. The lowest BCUT2D eigenvalue weighted by molar-refractivity contribution is -0.936. The van der Waals surface area contributed by atoms with Crippen molar-refractivity contribution < 1.29 is 9.59 Å². The van der Waals surface area contributed by atoms with Gasteiger partial charge in [-0.1, -0.05) is 0 Å². The number of hydrogen-bond donors (Lipinski definition) is 1. The van der Waals surface area contributed by atoms with Crippen molar-refractivity contribution in [2.75, 3.05) is 20.6 Å². The van der Waals surface area contributed by atoms with Gasteiger partial charge in [-0.15, -0.1) is 0 Å². The van der Waals surface area contributed by atoms with Crippen LogP contribution in [0.25, 0.3) is 0 Å². The summed E-state index contributed by atoms with van der Waals surface area (Å²) in [5.74, 6) is 0. The number of quaternary nitrogens is 1. The van der Waals surface area contributed by atoms with Crippen LogP contribution in [0.1, 0.15) is 25.7 Å². The molecule has 1 atom stereocenters. The van der Waals surface area contributed by atoms with Crippen LogP contribution in [-0.2, 0) is 0 Å². The molecule has 1 saturated heterocycles. The van der Waals surface area contributed by atoms with Crippen LogP contribution in [-0.4, -0.2) is 36.5 Å². The van der Waals surface area contributed by atoms with E-state index in [0.29, 0.717) is 0 Å². The summed E-state index contributed by atoms with van der Waals surface area (Å²) in [4.78, 5) is 0. The fourth-order valence-electron chi connectivity index (χ4n) is 1.52. The zero-order valence-electron chi connectivity index (χ0n) is 7.01. The molecule has 0 saturated carbocycles. The van der Waals surface area contributed by atoms with Gasteiger partial charge in [-0.05, 0) is 19.3 Å². The zero-order valence-corrected chi connectivity index (χ0v) is 7.01. The van der Waals surface area contributed by atoms with Gasteiger partial charge in [0, 0.05) is 6.42 Å². The molecule has 1 aliphatic heterocycles. The molecule has 1 heterocycles. The Morgan fingerprint density at radius 3 is 2.60 bits per heavy atom. The van der Waals surface area contributed by atoms with E-state index in [2.05, 4.69) is 14.1 Å². The van der Waals surface area contributed by atoms with Gasteiger partial charge in [0.25, 0.3) is 0 Å². The Morgan fingerprint density at radius 1 is 1.20 bits per heavy atom. The minimum Gasteiger partial charge on any atom is -0.345 e. The second-order valence-corrected chi connectivity index (χ2v) is 3.83. The van der Waals surface area contributed by atoms with Gasteiger partial charge in [-0.2, -0.15) is 0 Å². The van der Waals surface area contributed by atoms with E-state index in [1.54, 1.807) is 0 Å². The molecule has 1 fully saturated rings. The maximum absolute atomic E-state index is 9.59. The molecule has 0 bridgehead atoms. The first kappa shape index (κ1) is 8.02. The van der Waals surface area contributed by atoms with Gasteiger partial charge in [0.1, 0.15) is 0 Å². The third kappa shape index (κ3) is 1.70. The van der Waals surface area contributed by atoms with E-state index >= 15 is 0 Å². The molecule has 1 rings (SSSR count). The lowest BCUT2D eigenvalue weighted by Crippen LogP contribution is -2.48. The first-order chi connectivity index (χ1) is 4.63. The van der Waals surface area contributed by atoms with Gasteiger partial charge in [0.05, 0.1) is 20.6 Å². The lowest BCUT2D eigenvalue weighted by Gasteiger charge is -2.32. The molecule has 0 aliphatic carbocycles. The Hall–Kier alpha value is -0.0800. The first-order valence-electron chi connectivity index (χ1n) is 4.14. The summed E-state index contributed by atoms with van der Waals surface area (Å²) < 4.78 is 0.792. The zero-order chi connectivity index (χ0) is 7.61. The van der Waals surface area contributed by atoms with Crippen LogP contribution < -0.4 is 0 Å². The van der Waals surface area contributed by atoms with Crippen LogP contribution in [0, 0.1) is 0 Å². The van der Waals surface area contributed by atoms with Crippen LogP contribution in [0.3, 0.4) is 0 Å². The van der Waals surface area contributed by atoms with Crippen LogP contribution in [0.2, 0.25) is 0 Å². The highest BCUT2D eigenvalue weighted by molar-refractivity contribution is 4.52. The summed E-state index contributed by atoms with van der Waals surface area (Å²) >= 11 is 0. The molecular formula is C8H18NO+. The summed E-state index contributed by atoms with van der Waals surface area (Å²) in [5, 5.41) is 9.59. The third-order valence-corrected chi connectivity index (χ3v) is 2.50. The number of likely N-dealkylation sites (tertiary alicyclic amines) is 1. The summed E-state index contributed by atoms with van der Waals surface area (Å²) in [7, 11) is 4.21. The maximum Gasteiger partial charge on any atom is 0.190 e. The Labute approximate surface area is 63.1 Å². The summed E-state index contributed by atoms with van der Waals surface area (Å²) in [6.07, 6.45) is 4.61. The van der Waals surface area contributed by atoms with E-state index in [1.165, 1.54) is 19.3 Å². The molecule has 1 unspecified atom stereocenters. The van der Waals surface area contributed by atoms with Gasteiger partial charge in [0.2, 0.25) is 0 Å². The molecule has 60 valence electrons. The molecule has 0 radical (unpaired) electrons. The van der Waals surface area contributed by atoms with E-state index in [9.17, 15) is 5.11 Å². The van der Waals surface area contributed by atoms with Crippen LogP contribution >= 0.6 is 0 Å². The van der Waals surface area contributed by atoms with Crippen molar-refractivity contribution in [2.24, 2.45) is 0 Å². The topological polar surface area (TPSA) is 20.2 Å². The minimum atomic E-state index is -0.123. The second-order valence-electron chi connectivity index (χ2n) is 3.83. The number of nitrogens with zero attached hydrogens (tertiary/aromatic N) is 1. The Bertz CT molecular complexity index is 112. The number of aliphatic hydroxyl groups excluding tert-OH is 1. The van der Waals surface area contributed by atoms with Crippen molar-refractivity contribution in [1.82, 2.24) is 0 Å². The van der Waals surface area contributed by atoms with Crippen LogP contribution in [0.5, 0.6) is 0 Å². The normalized spacial score (nSPS) is 33.3. The van der Waals surface area contributed by atoms with Gasteiger partial charge in [-0.3, -0.25) is 0 Å². The van der Waals surface area contributed by atoms with Crippen molar-refractivity contribution >= 4 is 0 Å². The highest BCUT2D eigenvalue weighted by Crippen LogP contribution is 2.18. The number of hydrogen-bond acceptors (Lipinski definition) is 1. The Morgan fingerprint density at radius 2 is 1.90 bits per heavy atom. The smallest absolute Gasteiger partial charge is 0.190 e. The fourth-order valence-corrected chi connectivity index (χ4v) is 1.52. The van der Waals surface area contributed by atoms with Crippen LogP contribution in [0.4, 0.5) is 0 Å². The SMILES string of the molecule is C[N+]1(C)CCCCCC1O. The first-order valence-corrected chi connectivity index (χ1v) is 4.14. The van der Waals surface area contributed by atoms with Gasteiger partial charge in [0.15, 0.2) is 6.23 Å². The predicted octanol–water partition coefficient (Wildman–Crippen LogP) is 0.955. The Balaban J connectivity index is 2.52. The molecule has 0 amide bonds. The van der Waals surface area contributed by atoms with Crippen molar-refractivity contribution in [3.63, 3.8) is 0 Å². The standard InChI is InChI=1S/C8H18NO/c1-9(2)7-5-3-4-6-8(9)10/h8,10H,3-7H2,1-2H3/q+1. The largest absolute Gasteiger partial charge is 0.345 e. The van der Waals surface area contributed by atoms with E-state index in [1.807, 2.05) is 0 Å². The third-order valence-electron chi connectivity index (χ3n) is 2.50. The summed E-state index contributed by atoms with van der Waals surface area (Å²) in [6, 6.07) is 0. The average Bonchev–Trinajstić information content (AvgIpc) is 1.96. The van der Waals surface area contributed by atoms with Crippen molar-refractivity contribution in [2.45, 2.75) is 31.9 Å². The van der Waals surface area contributed by atoms with E-state index in [4.69, 9.17) is 0 Å². The summed E-state index contributed by atoms with van der Waals surface area (Å²) in [6.45, 7) is 1.13. The molecular weight excluding hydrogens is 126 g/mol. The monoisotopic (exact) mass is 144 g/mol. The number of aliphatic hydroxyl groups is 1. The van der Waals surface area contributed by atoms with E-state index < -0.39 is 0 Å². The highest BCUT2D eigenvalue weighted by atomic mass is 16.3.